The van der Waals surface area contributed by atoms with Crippen molar-refractivity contribution in [2.75, 3.05) is 7.11 Å². The minimum absolute atomic E-state index is 0.366. The lowest BCUT2D eigenvalue weighted by atomic mass is 10.1. The summed E-state index contributed by atoms with van der Waals surface area (Å²) in [6.07, 6.45) is 3.81. The first kappa shape index (κ1) is 24.9. The van der Waals surface area contributed by atoms with Crippen LogP contribution in [0.1, 0.15) is 27.0 Å². The molecule has 5 heteroatoms. The normalized spacial score (nSPS) is 10.7. The first-order chi connectivity index (χ1) is 18.7. The number of nitrogens with zero attached hydrogens (tertiary/aromatic N) is 1. The quantitative estimate of drug-likeness (QED) is 0.190. The molecule has 0 radical (unpaired) electrons. The van der Waals surface area contributed by atoms with Crippen molar-refractivity contribution in [2.24, 2.45) is 0 Å². The number of hydrogen-bond acceptors (Lipinski definition) is 4. The molecule has 38 heavy (non-hydrogen) atoms. The summed E-state index contributed by atoms with van der Waals surface area (Å²) in [5.74, 6) is 1.07. The van der Waals surface area contributed by atoms with Crippen molar-refractivity contribution < 1.29 is 19.0 Å². The Morgan fingerprint density at radius 2 is 1.18 bits per heavy atom. The summed E-state index contributed by atoms with van der Waals surface area (Å²) in [7, 11) is 1.40. The van der Waals surface area contributed by atoms with E-state index in [-0.39, 0.29) is 5.97 Å². The maximum absolute atomic E-state index is 12.5. The second-order valence-corrected chi connectivity index (χ2v) is 8.98. The van der Waals surface area contributed by atoms with Gasteiger partial charge in [0.1, 0.15) is 24.7 Å². The standard InChI is InChI=1S/C33H29NO4/c1-36-33(35)32-22-34(21-31(32)28-15-9-4-10-16-28)20-27-17-29(37-23-25-11-5-2-6-12-25)19-30(18-27)38-24-26-13-7-3-8-14-26/h2-19,21-22H,20,23-24H2,1H3. The molecule has 0 fully saturated rings. The maximum Gasteiger partial charge on any atom is 0.340 e. The van der Waals surface area contributed by atoms with E-state index in [1.165, 1.54) is 7.11 Å². The van der Waals surface area contributed by atoms with Gasteiger partial charge < -0.3 is 18.8 Å². The van der Waals surface area contributed by atoms with E-state index in [0.29, 0.717) is 25.3 Å². The van der Waals surface area contributed by atoms with Crippen LogP contribution in [0.2, 0.25) is 0 Å². The average molecular weight is 504 g/mol. The van der Waals surface area contributed by atoms with Gasteiger partial charge in [0.25, 0.3) is 0 Å². The first-order valence-electron chi connectivity index (χ1n) is 12.5. The zero-order valence-corrected chi connectivity index (χ0v) is 21.2. The predicted molar refractivity (Wildman–Crippen MR) is 148 cm³/mol. The van der Waals surface area contributed by atoms with E-state index >= 15 is 0 Å². The largest absolute Gasteiger partial charge is 0.489 e. The SMILES string of the molecule is COC(=O)c1cn(Cc2cc(OCc3ccccc3)cc(OCc3ccccc3)c2)cc1-c1ccccc1. The molecule has 0 aliphatic carbocycles. The fourth-order valence-corrected chi connectivity index (χ4v) is 4.30. The van der Waals surface area contributed by atoms with E-state index in [4.69, 9.17) is 14.2 Å². The number of carbonyl (C=O) groups is 1. The Balaban J connectivity index is 1.42. The van der Waals surface area contributed by atoms with Gasteiger partial charge in [-0.15, -0.1) is 0 Å². The molecule has 190 valence electrons. The van der Waals surface area contributed by atoms with Crippen LogP contribution in [0.4, 0.5) is 0 Å². The third-order valence-electron chi connectivity index (χ3n) is 6.17. The van der Waals surface area contributed by atoms with Gasteiger partial charge in [-0.25, -0.2) is 4.79 Å². The highest BCUT2D eigenvalue weighted by Crippen LogP contribution is 2.29. The van der Waals surface area contributed by atoms with E-state index in [1.807, 2.05) is 126 Å². The molecule has 1 aromatic heterocycles. The molecule has 0 spiro atoms. The van der Waals surface area contributed by atoms with E-state index in [2.05, 4.69) is 0 Å². The molecule has 0 amide bonds. The molecule has 5 rings (SSSR count). The number of hydrogen-bond donors (Lipinski definition) is 0. The molecule has 0 unspecified atom stereocenters. The first-order valence-corrected chi connectivity index (χ1v) is 12.5. The zero-order chi connectivity index (χ0) is 26.2. The summed E-state index contributed by atoms with van der Waals surface area (Å²) in [5, 5.41) is 0. The van der Waals surface area contributed by atoms with E-state index in [1.54, 1.807) is 0 Å². The molecule has 5 nitrogen and oxygen atoms in total. The van der Waals surface area contributed by atoms with Gasteiger partial charge in [-0.05, 0) is 34.4 Å². The molecule has 0 aliphatic rings. The van der Waals surface area contributed by atoms with Gasteiger partial charge in [0, 0.05) is 30.6 Å². The van der Waals surface area contributed by atoms with Crippen LogP contribution >= 0.6 is 0 Å². The van der Waals surface area contributed by atoms with Crippen molar-refractivity contribution in [1.82, 2.24) is 4.57 Å². The van der Waals surface area contributed by atoms with Crippen molar-refractivity contribution in [3.05, 3.63) is 144 Å². The highest BCUT2D eigenvalue weighted by Gasteiger charge is 2.17. The number of methoxy groups -OCH3 is 1. The monoisotopic (exact) mass is 503 g/mol. The Morgan fingerprint density at radius 1 is 0.658 bits per heavy atom. The van der Waals surface area contributed by atoms with Gasteiger partial charge in [-0.2, -0.15) is 0 Å². The third-order valence-corrected chi connectivity index (χ3v) is 6.17. The Hall–Kier alpha value is -4.77. The molecular formula is C33H29NO4. The van der Waals surface area contributed by atoms with Crippen LogP contribution in [-0.2, 0) is 24.5 Å². The molecule has 1 heterocycles. The van der Waals surface area contributed by atoms with Gasteiger partial charge in [0.15, 0.2) is 0 Å². The van der Waals surface area contributed by atoms with E-state index < -0.39 is 0 Å². The third kappa shape index (κ3) is 6.31. The van der Waals surface area contributed by atoms with Crippen molar-refractivity contribution in [2.45, 2.75) is 19.8 Å². The molecule has 0 N–H and O–H groups in total. The van der Waals surface area contributed by atoms with Crippen molar-refractivity contribution in [3.8, 4) is 22.6 Å². The van der Waals surface area contributed by atoms with Gasteiger partial charge in [-0.1, -0.05) is 91.0 Å². The summed E-state index contributed by atoms with van der Waals surface area (Å²) in [6.45, 7) is 1.44. The van der Waals surface area contributed by atoms with Crippen molar-refractivity contribution in [1.29, 1.82) is 0 Å². The van der Waals surface area contributed by atoms with Crippen LogP contribution < -0.4 is 9.47 Å². The number of esters is 1. The van der Waals surface area contributed by atoms with Gasteiger partial charge in [-0.3, -0.25) is 0 Å². The summed E-state index contributed by atoms with van der Waals surface area (Å²) >= 11 is 0. The van der Waals surface area contributed by atoms with Crippen LogP contribution in [0.25, 0.3) is 11.1 Å². The number of rotatable bonds is 10. The number of ether oxygens (including phenoxy) is 3. The Labute approximate surface area is 222 Å². The average Bonchev–Trinajstić information content (AvgIpc) is 3.40. The second kappa shape index (κ2) is 12.0. The Kier molecular flexibility index (Phi) is 7.85. The summed E-state index contributed by atoms with van der Waals surface area (Å²) in [5.41, 5.74) is 5.48. The minimum atomic E-state index is -0.366. The highest BCUT2D eigenvalue weighted by atomic mass is 16.5. The molecule has 0 atom stereocenters. The van der Waals surface area contributed by atoms with E-state index in [9.17, 15) is 4.79 Å². The summed E-state index contributed by atoms with van der Waals surface area (Å²) < 4.78 is 19.4. The fourth-order valence-electron chi connectivity index (χ4n) is 4.30. The summed E-state index contributed by atoms with van der Waals surface area (Å²) in [4.78, 5) is 12.5. The fraction of sp³-hybridized carbons (Fsp3) is 0.121. The van der Waals surface area contributed by atoms with Gasteiger partial charge >= 0.3 is 5.97 Å². The Morgan fingerprint density at radius 3 is 1.71 bits per heavy atom. The molecule has 0 saturated heterocycles. The van der Waals surface area contributed by atoms with Gasteiger partial charge in [0.2, 0.25) is 0 Å². The number of benzene rings is 4. The Bertz CT molecular complexity index is 1420. The molecule has 0 bridgehead atoms. The summed E-state index contributed by atoms with van der Waals surface area (Å²) in [6, 6.07) is 35.9. The lowest BCUT2D eigenvalue weighted by Gasteiger charge is -2.13. The van der Waals surface area contributed by atoms with Crippen LogP contribution in [0, 0.1) is 0 Å². The molecule has 0 aliphatic heterocycles. The predicted octanol–water partition coefficient (Wildman–Crippen LogP) is 7.15. The van der Waals surface area contributed by atoms with Crippen molar-refractivity contribution >= 4 is 5.97 Å². The van der Waals surface area contributed by atoms with Crippen LogP contribution in [0.5, 0.6) is 11.5 Å². The lowest BCUT2D eigenvalue weighted by Crippen LogP contribution is -2.03. The smallest absolute Gasteiger partial charge is 0.340 e. The molecule has 5 aromatic rings. The van der Waals surface area contributed by atoms with Crippen LogP contribution in [0.3, 0.4) is 0 Å². The second-order valence-electron chi connectivity index (χ2n) is 8.98. The number of aromatic nitrogens is 1. The zero-order valence-electron chi connectivity index (χ0n) is 21.2. The van der Waals surface area contributed by atoms with Gasteiger partial charge in [0.05, 0.1) is 12.7 Å². The number of carbonyl (C=O) groups excluding carboxylic acids is 1. The minimum Gasteiger partial charge on any atom is -0.489 e. The van der Waals surface area contributed by atoms with Crippen LogP contribution in [0.15, 0.2) is 122 Å². The lowest BCUT2D eigenvalue weighted by molar-refractivity contribution is 0.0601. The van der Waals surface area contributed by atoms with Crippen molar-refractivity contribution in [3.63, 3.8) is 0 Å². The molecule has 4 aromatic carbocycles. The maximum atomic E-state index is 12.5. The topological polar surface area (TPSA) is 49.7 Å². The van der Waals surface area contributed by atoms with Crippen LogP contribution in [-0.4, -0.2) is 17.6 Å². The molecule has 0 saturated carbocycles. The highest BCUT2D eigenvalue weighted by molar-refractivity contribution is 5.97. The molecular weight excluding hydrogens is 474 g/mol. The van der Waals surface area contributed by atoms with E-state index in [0.717, 1.165) is 39.3 Å².